The molecule has 1 atom stereocenters. The number of carbonyl (C=O) groups is 2. The Morgan fingerprint density at radius 1 is 1.33 bits per heavy atom. The Morgan fingerprint density at radius 3 is 2.67 bits per heavy atom. The highest BCUT2D eigenvalue weighted by Crippen LogP contribution is 2.35. The third-order valence-corrected chi connectivity index (χ3v) is 4.14. The number of fused-ring (bicyclic) bond motifs is 3. The number of carboxylic acids is 1. The number of hydrogen-bond acceptors (Lipinski definition) is 3. The van der Waals surface area contributed by atoms with Crippen LogP contribution in [0.25, 0.3) is 10.9 Å². The number of aryl methyl sites for hydroxylation is 1. The second kappa shape index (κ2) is 5.54. The number of amides is 1. The van der Waals surface area contributed by atoms with Gasteiger partial charge in [0.05, 0.1) is 5.69 Å². The predicted molar refractivity (Wildman–Crippen MR) is 90.1 cm³/mol. The average Bonchev–Trinajstić information content (AvgIpc) is 2.81. The quantitative estimate of drug-likeness (QED) is 0.839. The zero-order chi connectivity index (χ0) is 17.6. The van der Waals surface area contributed by atoms with Crippen molar-refractivity contribution in [1.29, 1.82) is 0 Å². The van der Waals surface area contributed by atoms with Crippen LogP contribution in [0.5, 0.6) is 0 Å². The molecule has 1 aliphatic heterocycles. The van der Waals surface area contributed by atoms with E-state index < -0.39 is 23.7 Å². The molecule has 0 unspecified atom stereocenters. The van der Waals surface area contributed by atoms with Crippen molar-refractivity contribution in [3.8, 4) is 0 Å². The lowest BCUT2D eigenvalue weighted by Crippen LogP contribution is -2.45. The molecular weight excluding hydrogens is 308 g/mol. The number of aromatic nitrogens is 1. The summed E-state index contributed by atoms with van der Waals surface area (Å²) in [6.07, 6.45) is -0.00248. The van der Waals surface area contributed by atoms with Crippen molar-refractivity contribution in [3.63, 3.8) is 0 Å². The topological polar surface area (TPSA) is 82.6 Å². The van der Waals surface area contributed by atoms with Crippen molar-refractivity contribution in [3.05, 3.63) is 35.0 Å². The fraction of sp³-hybridized carbons (Fsp3) is 0.444. The van der Waals surface area contributed by atoms with Crippen LogP contribution in [-0.2, 0) is 16.0 Å². The molecule has 0 radical (unpaired) electrons. The van der Waals surface area contributed by atoms with E-state index in [1.54, 1.807) is 20.8 Å². The highest BCUT2D eigenvalue weighted by Gasteiger charge is 2.40. The van der Waals surface area contributed by atoms with E-state index in [-0.39, 0.29) is 0 Å². The summed E-state index contributed by atoms with van der Waals surface area (Å²) in [6, 6.07) is 4.91. The first kappa shape index (κ1) is 16.4. The van der Waals surface area contributed by atoms with Crippen LogP contribution in [0.3, 0.4) is 0 Å². The van der Waals surface area contributed by atoms with Crippen LogP contribution in [0.1, 0.15) is 43.6 Å². The van der Waals surface area contributed by atoms with Crippen molar-refractivity contribution in [1.82, 2.24) is 9.88 Å². The van der Waals surface area contributed by atoms with Crippen molar-refractivity contribution in [2.75, 3.05) is 6.54 Å². The van der Waals surface area contributed by atoms with E-state index in [0.717, 1.165) is 22.0 Å². The molecule has 0 fully saturated rings. The second-order valence-electron chi connectivity index (χ2n) is 7.23. The zero-order valence-corrected chi connectivity index (χ0v) is 14.3. The molecule has 0 saturated heterocycles. The highest BCUT2D eigenvalue weighted by molar-refractivity contribution is 5.90. The monoisotopic (exact) mass is 330 g/mol. The molecule has 128 valence electrons. The summed E-state index contributed by atoms with van der Waals surface area (Å²) >= 11 is 0. The number of H-pyrrole nitrogens is 1. The lowest BCUT2D eigenvalue weighted by Gasteiger charge is -2.34. The van der Waals surface area contributed by atoms with Gasteiger partial charge in [-0.3, -0.25) is 4.90 Å². The number of rotatable bonds is 1. The van der Waals surface area contributed by atoms with E-state index in [2.05, 4.69) is 4.98 Å². The summed E-state index contributed by atoms with van der Waals surface area (Å²) in [7, 11) is 0. The number of aliphatic carboxylic acids is 1. The number of carboxylic acid groups (broad SMARTS) is 1. The van der Waals surface area contributed by atoms with Crippen LogP contribution in [0, 0.1) is 6.92 Å². The maximum Gasteiger partial charge on any atom is 0.411 e. The Balaban J connectivity index is 2.05. The third kappa shape index (κ3) is 2.84. The van der Waals surface area contributed by atoms with E-state index in [4.69, 9.17) is 4.74 Å². The van der Waals surface area contributed by atoms with E-state index >= 15 is 0 Å². The normalized spacial score (nSPS) is 17.7. The lowest BCUT2D eigenvalue weighted by molar-refractivity contribution is -0.144. The molecule has 1 aromatic heterocycles. The van der Waals surface area contributed by atoms with Gasteiger partial charge in [0.2, 0.25) is 0 Å². The van der Waals surface area contributed by atoms with Gasteiger partial charge in [-0.05, 0) is 51.8 Å². The standard InChI is InChI=1S/C18H22N2O4/c1-10-5-6-13-12(9-10)11-7-8-20(17(23)24-18(2,3)4)15(16(21)22)14(11)19-13/h5-6,9,15,19H,7-8H2,1-4H3,(H,21,22)/t15-/m0/s1. The summed E-state index contributed by atoms with van der Waals surface area (Å²) in [5, 5.41) is 10.7. The molecule has 1 aliphatic rings. The first-order valence-corrected chi connectivity index (χ1v) is 8.01. The van der Waals surface area contributed by atoms with Gasteiger partial charge < -0.3 is 14.8 Å². The molecule has 6 heteroatoms. The average molecular weight is 330 g/mol. The van der Waals surface area contributed by atoms with Crippen molar-refractivity contribution < 1.29 is 19.4 Å². The fourth-order valence-electron chi connectivity index (χ4n) is 3.18. The molecule has 3 rings (SSSR count). The molecule has 2 N–H and O–H groups in total. The summed E-state index contributed by atoms with van der Waals surface area (Å²) in [6.45, 7) is 7.62. The van der Waals surface area contributed by atoms with Gasteiger partial charge in [0.15, 0.2) is 6.04 Å². The van der Waals surface area contributed by atoms with Crippen LogP contribution < -0.4 is 0 Å². The number of nitrogens with one attached hydrogen (secondary N) is 1. The SMILES string of the molecule is Cc1ccc2[nH]c3c(c2c1)CCN(C(=O)OC(C)(C)C)[C@@H]3C(=O)O. The number of ether oxygens (including phenoxy) is 1. The number of hydrogen-bond donors (Lipinski definition) is 2. The van der Waals surface area contributed by atoms with Gasteiger partial charge in [0, 0.05) is 17.4 Å². The van der Waals surface area contributed by atoms with Crippen molar-refractivity contribution in [2.45, 2.75) is 45.8 Å². The smallest absolute Gasteiger partial charge is 0.411 e. The Morgan fingerprint density at radius 2 is 2.04 bits per heavy atom. The molecule has 2 heterocycles. The fourth-order valence-corrected chi connectivity index (χ4v) is 3.18. The van der Waals surface area contributed by atoms with Crippen LogP contribution in [0.15, 0.2) is 18.2 Å². The maximum absolute atomic E-state index is 12.4. The summed E-state index contributed by atoms with van der Waals surface area (Å²) < 4.78 is 5.38. The first-order valence-electron chi connectivity index (χ1n) is 8.01. The largest absolute Gasteiger partial charge is 0.479 e. The summed E-state index contributed by atoms with van der Waals surface area (Å²) in [5.74, 6) is -1.06. The third-order valence-electron chi connectivity index (χ3n) is 4.14. The molecule has 24 heavy (non-hydrogen) atoms. The van der Waals surface area contributed by atoms with Gasteiger partial charge in [-0.15, -0.1) is 0 Å². The minimum Gasteiger partial charge on any atom is -0.479 e. The minimum absolute atomic E-state index is 0.319. The van der Waals surface area contributed by atoms with Crippen LogP contribution in [0.4, 0.5) is 4.79 Å². The summed E-state index contributed by atoms with van der Waals surface area (Å²) in [5.41, 5.74) is 2.88. The van der Waals surface area contributed by atoms with E-state index in [1.807, 2.05) is 25.1 Å². The molecule has 1 amide bonds. The molecule has 0 aliphatic carbocycles. The number of benzene rings is 1. The Bertz CT molecular complexity index is 816. The Kier molecular flexibility index (Phi) is 3.78. The zero-order valence-electron chi connectivity index (χ0n) is 14.3. The van der Waals surface area contributed by atoms with Gasteiger partial charge in [-0.2, -0.15) is 0 Å². The molecule has 0 bridgehead atoms. The van der Waals surface area contributed by atoms with Gasteiger partial charge in [0.1, 0.15) is 5.60 Å². The van der Waals surface area contributed by atoms with Crippen LogP contribution in [-0.4, -0.2) is 39.2 Å². The Hall–Kier alpha value is -2.50. The second-order valence-corrected chi connectivity index (χ2v) is 7.23. The van der Waals surface area contributed by atoms with Crippen molar-refractivity contribution >= 4 is 23.0 Å². The van der Waals surface area contributed by atoms with E-state index in [9.17, 15) is 14.7 Å². The van der Waals surface area contributed by atoms with E-state index in [0.29, 0.717) is 18.7 Å². The summed E-state index contributed by atoms with van der Waals surface area (Å²) in [4.78, 5) is 28.8. The Labute approximate surface area is 140 Å². The molecule has 6 nitrogen and oxygen atoms in total. The minimum atomic E-state index is -1.06. The highest BCUT2D eigenvalue weighted by atomic mass is 16.6. The van der Waals surface area contributed by atoms with Gasteiger partial charge >= 0.3 is 12.1 Å². The van der Waals surface area contributed by atoms with Gasteiger partial charge in [-0.25, -0.2) is 9.59 Å². The maximum atomic E-state index is 12.4. The molecule has 0 spiro atoms. The molecule has 2 aromatic rings. The lowest BCUT2D eigenvalue weighted by atomic mass is 9.97. The molecule has 1 aromatic carbocycles. The van der Waals surface area contributed by atoms with E-state index in [1.165, 1.54) is 4.90 Å². The number of nitrogens with zero attached hydrogens (tertiary/aromatic N) is 1. The first-order chi connectivity index (χ1) is 11.2. The molecular formula is C18H22N2O4. The molecule has 0 saturated carbocycles. The number of carbonyl (C=O) groups excluding carboxylic acids is 1. The van der Waals surface area contributed by atoms with Gasteiger partial charge in [-0.1, -0.05) is 11.6 Å². The number of aromatic amines is 1. The van der Waals surface area contributed by atoms with Crippen LogP contribution in [0.2, 0.25) is 0 Å². The predicted octanol–water partition coefficient (Wildman–Crippen LogP) is 3.40. The van der Waals surface area contributed by atoms with Crippen molar-refractivity contribution in [2.24, 2.45) is 0 Å². The van der Waals surface area contributed by atoms with Crippen LogP contribution >= 0.6 is 0 Å². The van der Waals surface area contributed by atoms with Gasteiger partial charge in [0.25, 0.3) is 0 Å².